The van der Waals surface area contributed by atoms with E-state index in [2.05, 4.69) is 10.1 Å². The topological polar surface area (TPSA) is 81.2 Å². The van der Waals surface area contributed by atoms with Gasteiger partial charge in [0.25, 0.3) is 11.4 Å². The van der Waals surface area contributed by atoms with Crippen molar-refractivity contribution in [3.63, 3.8) is 0 Å². The molecular weight excluding hydrogens is 318 g/mol. The standard InChI is InChI=1S/C19H15N3O3/c1-11-7-3-4-8-12(11)17-20-18(25-21-17)15-16(23)13-9-5-6-10-14(13)22(2)19(15)24/h3-10,23H,1-2H3. The van der Waals surface area contributed by atoms with Gasteiger partial charge in [-0.1, -0.05) is 41.6 Å². The van der Waals surface area contributed by atoms with Crippen LogP contribution >= 0.6 is 0 Å². The van der Waals surface area contributed by atoms with Gasteiger partial charge in [-0.25, -0.2) is 0 Å². The van der Waals surface area contributed by atoms with Crippen molar-refractivity contribution in [2.75, 3.05) is 0 Å². The third-order valence-corrected chi connectivity index (χ3v) is 4.30. The molecular formula is C19H15N3O3. The van der Waals surface area contributed by atoms with Gasteiger partial charge in [0.1, 0.15) is 11.3 Å². The lowest BCUT2D eigenvalue weighted by atomic mass is 10.1. The predicted molar refractivity (Wildman–Crippen MR) is 94.3 cm³/mol. The van der Waals surface area contributed by atoms with Crippen LogP contribution in [0.5, 0.6) is 5.75 Å². The zero-order valence-electron chi connectivity index (χ0n) is 13.7. The second kappa shape index (κ2) is 5.59. The monoisotopic (exact) mass is 333 g/mol. The van der Waals surface area contributed by atoms with Gasteiger partial charge in [0.15, 0.2) is 0 Å². The Kier molecular flexibility index (Phi) is 3.39. The van der Waals surface area contributed by atoms with Gasteiger partial charge in [0.2, 0.25) is 5.82 Å². The van der Waals surface area contributed by atoms with Crippen LogP contribution < -0.4 is 5.56 Å². The molecule has 4 rings (SSSR count). The highest BCUT2D eigenvalue weighted by Crippen LogP contribution is 2.33. The summed E-state index contributed by atoms with van der Waals surface area (Å²) in [5.41, 5.74) is 2.05. The summed E-state index contributed by atoms with van der Waals surface area (Å²) in [5.74, 6) is 0.225. The van der Waals surface area contributed by atoms with Gasteiger partial charge in [-0.2, -0.15) is 4.98 Å². The van der Waals surface area contributed by atoms with Crippen molar-refractivity contribution in [3.8, 4) is 28.6 Å². The summed E-state index contributed by atoms with van der Waals surface area (Å²) in [4.78, 5) is 17.0. The first-order chi connectivity index (χ1) is 12.1. The maximum atomic E-state index is 12.7. The zero-order chi connectivity index (χ0) is 17.6. The van der Waals surface area contributed by atoms with Crippen LogP contribution in [0.1, 0.15) is 5.56 Å². The second-order valence-corrected chi connectivity index (χ2v) is 5.84. The number of para-hydroxylation sites is 1. The largest absolute Gasteiger partial charge is 0.506 e. The molecule has 2 heterocycles. The molecule has 124 valence electrons. The van der Waals surface area contributed by atoms with E-state index in [1.807, 2.05) is 37.3 Å². The average molecular weight is 333 g/mol. The summed E-state index contributed by atoms with van der Waals surface area (Å²) < 4.78 is 6.75. The van der Waals surface area contributed by atoms with E-state index in [1.54, 1.807) is 25.2 Å². The Morgan fingerprint density at radius 2 is 1.80 bits per heavy atom. The Morgan fingerprint density at radius 1 is 1.08 bits per heavy atom. The maximum Gasteiger partial charge on any atom is 0.267 e. The third-order valence-electron chi connectivity index (χ3n) is 4.30. The molecule has 25 heavy (non-hydrogen) atoms. The average Bonchev–Trinajstić information content (AvgIpc) is 3.10. The summed E-state index contributed by atoms with van der Waals surface area (Å²) in [6.45, 7) is 1.94. The summed E-state index contributed by atoms with van der Waals surface area (Å²) in [6.07, 6.45) is 0. The highest BCUT2D eigenvalue weighted by molar-refractivity contribution is 5.90. The molecule has 0 bridgehead atoms. The first-order valence-corrected chi connectivity index (χ1v) is 7.78. The molecule has 0 saturated heterocycles. The molecule has 0 aliphatic rings. The van der Waals surface area contributed by atoms with Crippen molar-refractivity contribution in [1.29, 1.82) is 0 Å². The lowest BCUT2D eigenvalue weighted by Crippen LogP contribution is -2.19. The molecule has 4 aromatic rings. The van der Waals surface area contributed by atoms with E-state index in [0.29, 0.717) is 16.7 Å². The fourth-order valence-electron chi connectivity index (χ4n) is 2.93. The maximum absolute atomic E-state index is 12.7. The number of hydrogen-bond acceptors (Lipinski definition) is 5. The van der Waals surface area contributed by atoms with Crippen molar-refractivity contribution < 1.29 is 9.63 Å². The molecule has 0 radical (unpaired) electrons. The van der Waals surface area contributed by atoms with Crippen LogP contribution in [0.25, 0.3) is 33.7 Å². The summed E-state index contributed by atoms with van der Waals surface area (Å²) in [5, 5.41) is 15.1. The SMILES string of the molecule is Cc1ccccc1-c1noc(-c2c(O)c3ccccc3n(C)c2=O)n1. The van der Waals surface area contributed by atoms with Gasteiger partial charge in [-0.15, -0.1) is 0 Å². The van der Waals surface area contributed by atoms with Gasteiger partial charge < -0.3 is 14.2 Å². The molecule has 0 aliphatic heterocycles. The van der Waals surface area contributed by atoms with E-state index in [-0.39, 0.29) is 17.2 Å². The van der Waals surface area contributed by atoms with Gasteiger partial charge in [0, 0.05) is 18.0 Å². The van der Waals surface area contributed by atoms with Crippen LogP contribution in [0.15, 0.2) is 57.8 Å². The van der Waals surface area contributed by atoms with Crippen LogP contribution in [0.4, 0.5) is 0 Å². The van der Waals surface area contributed by atoms with Crippen molar-refractivity contribution in [2.45, 2.75) is 6.92 Å². The smallest absolute Gasteiger partial charge is 0.267 e. The number of benzene rings is 2. The van der Waals surface area contributed by atoms with Crippen LogP contribution in [-0.4, -0.2) is 19.8 Å². The quantitative estimate of drug-likeness (QED) is 0.609. The lowest BCUT2D eigenvalue weighted by molar-refractivity contribution is 0.425. The second-order valence-electron chi connectivity index (χ2n) is 5.84. The molecule has 0 spiro atoms. The van der Waals surface area contributed by atoms with Crippen molar-refractivity contribution in [3.05, 3.63) is 64.4 Å². The Labute approximate surface area is 143 Å². The summed E-state index contributed by atoms with van der Waals surface area (Å²) >= 11 is 0. The first-order valence-electron chi connectivity index (χ1n) is 7.78. The van der Waals surface area contributed by atoms with Crippen LogP contribution in [0, 0.1) is 6.92 Å². The lowest BCUT2D eigenvalue weighted by Gasteiger charge is -2.09. The highest BCUT2D eigenvalue weighted by Gasteiger charge is 2.22. The van der Waals surface area contributed by atoms with Crippen LogP contribution in [-0.2, 0) is 7.05 Å². The van der Waals surface area contributed by atoms with E-state index in [0.717, 1.165) is 11.1 Å². The minimum absolute atomic E-state index is 0.00195. The Hall–Kier alpha value is -3.41. The summed E-state index contributed by atoms with van der Waals surface area (Å²) in [6, 6.07) is 14.7. The number of aromatic nitrogens is 3. The predicted octanol–water partition coefficient (Wildman–Crippen LogP) is 3.27. The van der Waals surface area contributed by atoms with E-state index in [9.17, 15) is 9.90 Å². The van der Waals surface area contributed by atoms with Crippen molar-refractivity contribution in [1.82, 2.24) is 14.7 Å². The molecule has 2 aromatic heterocycles. The van der Waals surface area contributed by atoms with Crippen molar-refractivity contribution in [2.24, 2.45) is 7.05 Å². The van der Waals surface area contributed by atoms with E-state index in [4.69, 9.17) is 4.52 Å². The molecule has 0 saturated carbocycles. The van der Waals surface area contributed by atoms with Gasteiger partial charge in [-0.05, 0) is 24.6 Å². The van der Waals surface area contributed by atoms with Gasteiger partial charge in [-0.3, -0.25) is 4.79 Å². The summed E-state index contributed by atoms with van der Waals surface area (Å²) in [7, 11) is 1.65. The minimum Gasteiger partial charge on any atom is -0.506 e. The van der Waals surface area contributed by atoms with Crippen molar-refractivity contribution >= 4 is 10.9 Å². The number of fused-ring (bicyclic) bond motifs is 1. The number of hydrogen-bond donors (Lipinski definition) is 1. The Bertz CT molecular complexity index is 1160. The third kappa shape index (κ3) is 2.30. The molecule has 0 atom stereocenters. The molecule has 2 aromatic carbocycles. The number of pyridine rings is 1. The molecule has 0 amide bonds. The highest BCUT2D eigenvalue weighted by atomic mass is 16.5. The van der Waals surface area contributed by atoms with E-state index >= 15 is 0 Å². The van der Waals surface area contributed by atoms with E-state index in [1.165, 1.54) is 4.57 Å². The number of rotatable bonds is 2. The van der Waals surface area contributed by atoms with E-state index < -0.39 is 5.56 Å². The zero-order valence-corrected chi connectivity index (χ0v) is 13.7. The minimum atomic E-state index is -0.392. The molecule has 0 fully saturated rings. The molecule has 1 N–H and O–H groups in total. The fraction of sp³-hybridized carbons (Fsp3) is 0.105. The number of aromatic hydroxyl groups is 1. The van der Waals surface area contributed by atoms with Gasteiger partial charge in [0.05, 0.1) is 5.52 Å². The Morgan fingerprint density at radius 3 is 2.60 bits per heavy atom. The fourth-order valence-corrected chi connectivity index (χ4v) is 2.93. The molecule has 0 unspecified atom stereocenters. The van der Waals surface area contributed by atoms with Crippen LogP contribution in [0.3, 0.4) is 0 Å². The molecule has 6 heteroatoms. The number of aryl methyl sites for hydroxylation is 2. The number of nitrogens with zero attached hydrogens (tertiary/aromatic N) is 3. The molecule has 0 aliphatic carbocycles. The Balaban J connectivity index is 1.95. The normalized spacial score (nSPS) is 11.1. The van der Waals surface area contributed by atoms with Crippen LogP contribution in [0.2, 0.25) is 0 Å². The van der Waals surface area contributed by atoms with Gasteiger partial charge >= 0.3 is 0 Å². The molecule has 6 nitrogen and oxygen atoms in total. The first kappa shape index (κ1) is 15.1.